The topological polar surface area (TPSA) is 73.8 Å². The van der Waals surface area contributed by atoms with E-state index in [4.69, 9.17) is 36.3 Å². The van der Waals surface area contributed by atoms with Crippen LogP contribution in [0.5, 0.6) is 0 Å². The fourth-order valence-corrected chi connectivity index (χ4v) is 25.0. The third kappa shape index (κ3) is 12.9. The zero-order valence-electron chi connectivity index (χ0n) is 56.8. The molecule has 4 aromatic rings. The predicted molar refractivity (Wildman–Crippen MR) is 373 cm³/mol. The zero-order valence-corrected chi connectivity index (χ0v) is 60.8. The quantitative estimate of drug-likeness (QED) is 0.0432. The van der Waals surface area contributed by atoms with Gasteiger partial charge in [0.15, 0.2) is 33.3 Å². The molecule has 0 amide bonds. The van der Waals surface area contributed by atoms with Gasteiger partial charge in [0.1, 0.15) is 22.4 Å². The van der Waals surface area contributed by atoms with Gasteiger partial charge in [-0.3, -0.25) is 0 Å². The van der Waals surface area contributed by atoms with Crippen LogP contribution in [0.2, 0.25) is 72.5 Å². The molecule has 8 nitrogen and oxygen atoms in total. The molecule has 0 aromatic heterocycles. The molecule has 4 aliphatic rings. The van der Waals surface area contributed by atoms with Crippen LogP contribution < -0.4 is 10.9 Å². The van der Waals surface area contributed by atoms with Crippen molar-refractivity contribution in [2.45, 2.75) is 256 Å². The van der Waals surface area contributed by atoms with Gasteiger partial charge in [0, 0.05) is 0 Å². The van der Waals surface area contributed by atoms with Crippen molar-refractivity contribution in [2.75, 3.05) is 0 Å². The second-order valence-electron chi connectivity index (χ2n) is 27.5. The van der Waals surface area contributed by atoms with Crippen molar-refractivity contribution in [2.24, 2.45) is 0 Å². The predicted octanol–water partition coefficient (Wildman–Crippen LogP) is 18.5. The van der Waals surface area contributed by atoms with E-state index in [-0.39, 0.29) is 0 Å². The highest BCUT2D eigenvalue weighted by Gasteiger charge is 2.54. The molecule has 0 spiro atoms. The lowest BCUT2D eigenvalue weighted by molar-refractivity contribution is 0.00578. The van der Waals surface area contributed by atoms with Gasteiger partial charge in [0.25, 0.3) is 0 Å². The SMILES string of the molecule is CC[Si](CC)(CC)OC1(c2ccc(B3OC(C)(C)C(C)(C)O3)cc2)C=CC(O[Si](CC)(CC)CC)(c2ccc(-c3ccc(C4(O[Si](CC)(CC)CC)C=CC(O[Si](CC)(CC)CC)(c5ccc(B6OC(C)(C)C(C)(C)O6)cc5)C=C4)cc3)cc2)C=C1. The molecule has 2 saturated heterocycles. The first-order chi connectivity index (χ1) is 40.6. The Hall–Kier alpha value is -3.48. The smallest absolute Gasteiger partial charge is 0.401 e. The molecule has 86 heavy (non-hydrogen) atoms. The molecule has 0 unspecified atom stereocenters. The van der Waals surface area contributed by atoms with E-state index in [0.717, 1.165) is 117 Å². The molecule has 2 heterocycles. The monoisotopic (exact) mass is 1230 g/mol. The van der Waals surface area contributed by atoms with Crippen LogP contribution in [0.3, 0.4) is 0 Å². The molecule has 8 rings (SSSR count). The van der Waals surface area contributed by atoms with E-state index in [0.29, 0.717) is 0 Å². The van der Waals surface area contributed by atoms with E-state index in [1.54, 1.807) is 0 Å². The van der Waals surface area contributed by atoms with Crippen LogP contribution in [0, 0.1) is 0 Å². The lowest BCUT2D eigenvalue weighted by Gasteiger charge is -2.46. The van der Waals surface area contributed by atoms with E-state index in [1.165, 1.54) is 0 Å². The zero-order chi connectivity index (χ0) is 62.9. The minimum atomic E-state index is -2.19. The minimum Gasteiger partial charge on any atom is -0.401 e. The van der Waals surface area contributed by atoms with Crippen molar-refractivity contribution in [1.82, 2.24) is 0 Å². The summed E-state index contributed by atoms with van der Waals surface area (Å²) in [6.07, 6.45) is 18.7. The van der Waals surface area contributed by atoms with Crippen molar-refractivity contribution in [3.8, 4) is 11.1 Å². The van der Waals surface area contributed by atoms with Crippen LogP contribution in [-0.2, 0) is 58.7 Å². The van der Waals surface area contributed by atoms with Gasteiger partial charge in [-0.1, -0.05) is 180 Å². The van der Waals surface area contributed by atoms with Crippen molar-refractivity contribution < 1.29 is 36.3 Å². The summed E-state index contributed by atoms with van der Waals surface area (Å²) in [7, 11) is -9.61. The molecule has 2 aliphatic carbocycles. The standard InChI is InChI=1S/C72H108B2O8Si4/c1-21-83(22-2,23-3)79-69(49-53-71(54-50-69,81-85(27-7,28-8)29-9)61-41-45-63(46-42-61)73-75-65(13,14)66(15,16)76-73)59-37-33-57(34-38-59)58-35-39-60(40-36-58)70(80-84(24-4,25-5)26-6)51-55-72(56-52-70,82-86(30-10,31-11)32-12)62-43-47-64(48-44-62)74-77-67(17,18)68(19,20)78-74/h33-56H,21-32H2,1-20H3. The number of hydrogen-bond donors (Lipinski definition) is 0. The molecular weight excluding hydrogens is 1130 g/mol. The first-order valence-electron chi connectivity index (χ1n) is 33.4. The van der Waals surface area contributed by atoms with Crippen LogP contribution >= 0.6 is 0 Å². The molecule has 0 atom stereocenters. The van der Waals surface area contributed by atoms with Gasteiger partial charge < -0.3 is 36.3 Å². The highest BCUT2D eigenvalue weighted by Crippen LogP contribution is 2.49. The van der Waals surface area contributed by atoms with Crippen LogP contribution in [-0.4, -0.2) is 69.9 Å². The highest BCUT2D eigenvalue weighted by atomic mass is 28.4. The van der Waals surface area contributed by atoms with E-state index >= 15 is 0 Å². The Labute approximate surface area is 526 Å². The van der Waals surface area contributed by atoms with E-state index in [9.17, 15) is 0 Å². The Balaban J connectivity index is 1.15. The van der Waals surface area contributed by atoms with Gasteiger partial charge in [0.2, 0.25) is 0 Å². The summed E-state index contributed by atoms with van der Waals surface area (Å²) >= 11 is 0. The van der Waals surface area contributed by atoms with Crippen LogP contribution in [0.4, 0.5) is 0 Å². The molecule has 0 saturated carbocycles. The summed E-state index contributed by atoms with van der Waals surface area (Å²) in [6.45, 7) is 44.7. The van der Waals surface area contributed by atoms with Crippen molar-refractivity contribution in [1.29, 1.82) is 0 Å². The van der Waals surface area contributed by atoms with Crippen molar-refractivity contribution in [3.05, 3.63) is 168 Å². The maximum Gasteiger partial charge on any atom is 0.494 e. The van der Waals surface area contributed by atoms with Crippen LogP contribution in [0.25, 0.3) is 11.1 Å². The summed E-state index contributed by atoms with van der Waals surface area (Å²) in [5.74, 6) is 0. The molecule has 2 aliphatic heterocycles. The number of rotatable bonds is 27. The maximum absolute atomic E-state index is 7.75. The average molecular weight is 1240 g/mol. The average Bonchev–Trinajstić information content (AvgIpc) is 1.02. The summed E-state index contributed by atoms with van der Waals surface area (Å²) in [4.78, 5) is 0. The number of benzene rings is 4. The second-order valence-corrected chi connectivity index (χ2v) is 46.2. The Morgan fingerprint density at radius 3 is 0.593 bits per heavy atom. The molecule has 0 N–H and O–H groups in total. The Morgan fingerprint density at radius 2 is 0.430 bits per heavy atom. The van der Waals surface area contributed by atoms with Gasteiger partial charge in [-0.2, -0.15) is 0 Å². The number of hydrogen-bond acceptors (Lipinski definition) is 8. The highest BCUT2D eigenvalue weighted by molar-refractivity contribution is 6.75. The summed E-state index contributed by atoms with van der Waals surface area (Å²) < 4.78 is 56.9. The van der Waals surface area contributed by atoms with E-state index in [1.807, 2.05) is 0 Å². The first kappa shape index (κ1) is 68.4. The van der Waals surface area contributed by atoms with Crippen molar-refractivity contribution >= 4 is 58.4 Å². The van der Waals surface area contributed by atoms with Gasteiger partial charge in [-0.25, -0.2) is 0 Å². The van der Waals surface area contributed by atoms with E-state index < -0.39 is 92.3 Å². The third-order valence-corrected chi connectivity index (χ3v) is 40.9. The molecule has 4 aromatic carbocycles. The molecule has 0 radical (unpaired) electrons. The summed E-state index contributed by atoms with van der Waals surface area (Å²) in [6, 6.07) is 48.3. The summed E-state index contributed by atoms with van der Waals surface area (Å²) in [5, 5.41) is 0. The normalized spacial score (nSPS) is 25.2. The lowest BCUT2D eigenvalue weighted by Crippen LogP contribution is -2.48. The maximum atomic E-state index is 7.75. The molecule has 466 valence electrons. The Morgan fingerprint density at radius 1 is 0.267 bits per heavy atom. The third-order valence-electron chi connectivity index (χ3n) is 22.4. The summed E-state index contributed by atoms with van der Waals surface area (Å²) in [5.41, 5.74) is 3.94. The van der Waals surface area contributed by atoms with Crippen molar-refractivity contribution in [3.63, 3.8) is 0 Å². The van der Waals surface area contributed by atoms with E-state index in [2.05, 4.69) is 284 Å². The largest absolute Gasteiger partial charge is 0.494 e. The molecule has 14 heteroatoms. The van der Waals surface area contributed by atoms with Gasteiger partial charge >= 0.3 is 14.2 Å². The Bertz CT molecular complexity index is 2730. The Kier molecular flexibility index (Phi) is 20.7. The second kappa shape index (κ2) is 26.0. The molecule has 0 bridgehead atoms. The van der Waals surface area contributed by atoms with Crippen LogP contribution in [0.1, 0.15) is 161 Å². The fraction of sp³-hybridized carbons (Fsp3) is 0.556. The lowest BCUT2D eigenvalue weighted by atomic mass is 9.76. The van der Waals surface area contributed by atoms with Crippen LogP contribution in [0.15, 0.2) is 146 Å². The van der Waals surface area contributed by atoms with Gasteiger partial charge in [-0.15, -0.1) is 0 Å². The minimum absolute atomic E-state index is 0.425. The van der Waals surface area contributed by atoms with Gasteiger partial charge in [0.05, 0.1) is 22.4 Å². The molecular formula is C72H108B2O8Si4. The fourth-order valence-electron chi connectivity index (χ4n) is 13.4. The first-order valence-corrected chi connectivity index (χ1v) is 43.5. The van der Waals surface area contributed by atoms with Gasteiger partial charge in [-0.05, 0) is 221 Å². The molecule has 2 fully saturated rings.